The van der Waals surface area contributed by atoms with Crippen LogP contribution < -0.4 is 5.32 Å². The molecule has 1 heterocycles. The predicted octanol–water partition coefficient (Wildman–Crippen LogP) is 2.60. The highest BCUT2D eigenvalue weighted by atomic mass is 127. The summed E-state index contributed by atoms with van der Waals surface area (Å²) in [5.74, 6) is -3.41. The van der Waals surface area contributed by atoms with Gasteiger partial charge in [0.05, 0.1) is 17.9 Å². The molecule has 0 spiro atoms. The number of ether oxygens (including phenoxy) is 3. The molecule has 1 aromatic rings. The van der Waals surface area contributed by atoms with E-state index < -0.39 is 23.7 Å². The van der Waals surface area contributed by atoms with Crippen LogP contribution in [0, 0.1) is 3.57 Å². The fraction of sp³-hybridized carbons (Fsp3) is 0.312. The first kappa shape index (κ1) is 18.2. The number of nitrogens with one attached hydrogen (secondary N) is 1. The molecule has 1 aromatic carbocycles. The van der Waals surface area contributed by atoms with E-state index in [2.05, 4.69) is 27.9 Å². The Bertz CT molecular complexity index is 703. The second-order valence-corrected chi connectivity index (χ2v) is 6.54. The molecule has 0 amide bonds. The average molecular weight is 445 g/mol. The number of rotatable bonds is 4. The Balaban J connectivity index is 2.27. The van der Waals surface area contributed by atoms with Crippen molar-refractivity contribution in [3.05, 3.63) is 39.1 Å². The molecule has 1 aliphatic heterocycles. The van der Waals surface area contributed by atoms with E-state index in [-0.39, 0.29) is 12.2 Å². The number of cyclic esters (lactones) is 2. The first-order chi connectivity index (χ1) is 11.2. The SMILES string of the molecule is CCOC(=O)c1cc(I)ccc1NC=C1C(=O)OC(C)(C)OC1=O. The molecular formula is C16H16INO6. The average Bonchev–Trinajstić information content (AvgIpc) is 2.46. The number of halogens is 1. The third kappa shape index (κ3) is 4.25. The van der Waals surface area contributed by atoms with E-state index in [1.54, 1.807) is 25.1 Å². The highest BCUT2D eigenvalue weighted by molar-refractivity contribution is 14.1. The zero-order valence-electron chi connectivity index (χ0n) is 13.3. The summed E-state index contributed by atoms with van der Waals surface area (Å²) in [5.41, 5.74) is 0.396. The summed E-state index contributed by atoms with van der Waals surface area (Å²) in [6.45, 7) is 4.87. The Hall–Kier alpha value is -2.10. The number of hydrogen-bond donors (Lipinski definition) is 1. The quantitative estimate of drug-likeness (QED) is 0.330. The molecule has 0 bridgehead atoms. The lowest BCUT2D eigenvalue weighted by molar-refractivity contribution is -0.222. The molecule has 0 unspecified atom stereocenters. The number of anilines is 1. The van der Waals surface area contributed by atoms with Gasteiger partial charge in [-0.15, -0.1) is 0 Å². The summed E-state index contributed by atoms with van der Waals surface area (Å²) >= 11 is 2.07. The van der Waals surface area contributed by atoms with Gasteiger partial charge in [0, 0.05) is 23.6 Å². The number of esters is 3. The summed E-state index contributed by atoms with van der Waals surface area (Å²) < 4.78 is 15.8. The first-order valence-corrected chi connectivity index (χ1v) is 8.21. The minimum absolute atomic E-state index is 0.235. The predicted molar refractivity (Wildman–Crippen MR) is 93.1 cm³/mol. The molecule has 1 aliphatic rings. The van der Waals surface area contributed by atoms with Crippen LogP contribution in [-0.2, 0) is 23.8 Å². The molecule has 0 radical (unpaired) electrons. The maximum Gasteiger partial charge on any atom is 0.350 e. The van der Waals surface area contributed by atoms with Crippen molar-refractivity contribution in [3.63, 3.8) is 0 Å². The maximum atomic E-state index is 12.0. The van der Waals surface area contributed by atoms with Crippen molar-refractivity contribution in [1.82, 2.24) is 0 Å². The zero-order valence-corrected chi connectivity index (χ0v) is 15.5. The molecule has 24 heavy (non-hydrogen) atoms. The van der Waals surface area contributed by atoms with E-state index in [9.17, 15) is 14.4 Å². The fourth-order valence-electron chi connectivity index (χ4n) is 1.95. The third-order valence-corrected chi connectivity index (χ3v) is 3.64. The molecule has 1 N–H and O–H groups in total. The Morgan fingerprint density at radius 1 is 1.29 bits per heavy atom. The summed E-state index contributed by atoms with van der Waals surface area (Å²) in [6.07, 6.45) is 1.16. The molecular weight excluding hydrogens is 429 g/mol. The van der Waals surface area contributed by atoms with Crippen LogP contribution in [0.5, 0.6) is 0 Å². The highest BCUT2D eigenvalue weighted by Gasteiger charge is 2.39. The number of carbonyl (C=O) groups is 3. The molecule has 0 atom stereocenters. The molecule has 1 fully saturated rings. The van der Waals surface area contributed by atoms with Crippen molar-refractivity contribution < 1.29 is 28.6 Å². The van der Waals surface area contributed by atoms with Crippen molar-refractivity contribution in [2.75, 3.05) is 11.9 Å². The van der Waals surface area contributed by atoms with E-state index in [1.165, 1.54) is 13.8 Å². The van der Waals surface area contributed by atoms with Gasteiger partial charge in [-0.2, -0.15) is 0 Å². The lowest BCUT2D eigenvalue weighted by atomic mass is 10.1. The van der Waals surface area contributed by atoms with E-state index in [4.69, 9.17) is 14.2 Å². The number of hydrogen-bond acceptors (Lipinski definition) is 7. The van der Waals surface area contributed by atoms with Crippen LogP contribution in [0.4, 0.5) is 5.69 Å². The molecule has 0 aromatic heterocycles. The second-order valence-electron chi connectivity index (χ2n) is 5.29. The van der Waals surface area contributed by atoms with Crippen molar-refractivity contribution in [2.45, 2.75) is 26.6 Å². The fourth-order valence-corrected chi connectivity index (χ4v) is 2.44. The summed E-state index contributed by atoms with van der Waals surface area (Å²) in [4.78, 5) is 35.8. The zero-order chi connectivity index (χ0) is 17.9. The Kier molecular flexibility index (Phi) is 5.47. The van der Waals surface area contributed by atoms with Gasteiger partial charge in [0.15, 0.2) is 5.57 Å². The molecule has 1 saturated heterocycles. The molecule has 0 aliphatic carbocycles. The monoisotopic (exact) mass is 445 g/mol. The largest absolute Gasteiger partial charge is 0.462 e. The molecule has 128 valence electrons. The van der Waals surface area contributed by atoms with Crippen molar-refractivity contribution in [1.29, 1.82) is 0 Å². The van der Waals surface area contributed by atoms with E-state index in [1.807, 2.05) is 0 Å². The third-order valence-electron chi connectivity index (χ3n) is 2.97. The highest BCUT2D eigenvalue weighted by Crippen LogP contribution is 2.24. The smallest absolute Gasteiger partial charge is 0.350 e. The minimum Gasteiger partial charge on any atom is -0.462 e. The van der Waals surface area contributed by atoms with E-state index in [0.29, 0.717) is 11.3 Å². The van der Waals surface area contributed by atoms with Gasteiger partial charge < -0.3 is 19.5 Å². The van der Waals surface area contributed by atoms with Gasteiger partial charge in [0.2, 0.25) is 0 Å². The minimum atomic E-state index is -1.30. The lowest BCUT2D eigenvalue weighted by Crippen LogP contribution is -2.42. The van der Waals surface area contributed by atoms with E-state index in [0.717, 1.165) is 9.77 Å². The van der Waals surface area contributed by atoms with Gasteiger partial charge >= 0.3 is 17.9 Å². The number of benzene rings is 1. The lowest BCUT2D eigenvalue weighted by Gasteiger charge is -2.29. The van der Waals surface area contributed by atoms with Crippen molar-refractivity contribution in [2.24, 2.45) is 0 Å². The molecule has 8 heteroatoms. The maximum absolute atomic E-state index is 12.0. The molecule has 7 nitrogen and oxygen atoms in total. The second kappa shape index (κ2) is 7.20. The van der Waals surface area contributed by atoms with Gasteiger partial charge in [-0.1, -0.05) is 0 Å². The van der Waals surface area contributed by atoms with Gasteiger partial charge in [0.25, 0.3) is 5.79 Å². The Labute approximate surface area is 152 Å². The van der Waals surface area contributed by atoms with Crippen LogP contribution in [0.1, 0.15) is 31.1 Å². The van der Waals surface area contributed by atoms with Gasteiger partial charge in [-0.25, -0.2) is 14.4 Å². The van der Waals surface area contributed by atoms with Crippen LogP contribution in [0.25, 0.3) is 0 Å². The van der Waals surface area contributed by atoms with Crippen LogP contribution in [0.15, 0.2) is 30.0 Å². The molecule has 0 saturated carbocycles. The van der Waals surface area contributed by atoms with Gasteiger partial charge in [-0.3, -0.25) is 0 Å². The normalized spacial score (nSPS) is 16.1. The van der Waals surface area contributed by atoms with Crippen LogP contribution in [0.2, 0.25) is 0 Å². The van der Waals surface area contributed by atoms with E-state index >= 15 is 0 Å². The summed E-state index contributed by atoms with van der Waals surface area (Å²) in [6, 6.07) is 5.05. The van der Waals surface area contributed by atoms with Gasteiger partial charge in [-0.05, 0) is 47.7 Å². The summed E-state index contributed by atoms with van der Waals surface area (Å²) in [7, 11) is 0. The Morgan fingerprint density at radius 2 is 1.92 bits per heavy atom. The Morgan fingerprint density at radius 3 is 2.50 bits per heavy atom. The van der Waals surface area contributed by atoms with Crippen molar-refractivity contribution in [3.8, 4) is 0 Å². The van der Waals surface area contributed by atoms with Gasteiger partial charge in [0.1, 0.15) is 0 Å². The standard InChI is InChI=1S/C16H16INO6/c1-4-22-13(19)10-7-9(17)5-6-12(10)18-8-11-14(20)23-16(2,3)24-15(11)21/h5-8,18H,4H2,1-3H3. The number of carbonyl (C=O) groups excluding carboxylic acids is 3. The molecule has 2 rings (SSSR count). The summed E-state index contributed by atoms with van der Waals surface area (Å²) in [5, 5.41) is 2.77. The first-order valence-electron chi connectivity index (χ1n) is 7.13. The topological polar surface area (TPSA) is 90.9 Å². The van der Waals surface area contributed by atoms with Crippen LogP contribution >= 0.6 is 22.6 Å². The van der Waals surface area contributed by atoms with Crippen LogP contribution in [0.3, 0.4) is 0 Å². The van der Waals surface area contributed by atoms with Crippen molar-refractivity contribution >= 4 is 46.2 Å². The van der Waals surface area contributed by atoms with Crippen LogP contribution in [-0.4, -0.2) is 30.3 Å².